The van der Waals surface area contributed by atoms with E-state index in [9.17, 15) is 0 Å². The van der Waals surface area contributed by atoms with Crippen molar-refractivity contribution < 1.29 is 0 Å². The Labute approximate surface area is 99.4 Å². The fourth-order valence-electron chi connectivity index (χ4n) is 2.66. The maximum Gasteiger partial charge on any atom is 0.222 e. The van der Waals surface area contributed by atoms with Gasteiger partial charge in [-0.2, -0.15) is 0 Å². The van der Waals surface area contributed by atoms with Crippen LogP contribution in [0.2, 0.25) is 0 Å². The second-order valence-corrected chi connectivity index (χ2v) is 5.54. The van der Waals surface area contributed by atoms with Crippen molar-refractivity contribution in [2.45, 2.75) is 29.8 Å². The molecule has 5 heteroatoms. The van der Waals surface area contributed by atoms with E-state index >= 15 is 0 Å². The molecule has 0 spiro atoms. The predicted molar refractivity (Wildman–Crippen MR) is 65.4 cm³/mol. The number of aromatic nitrogens is 2. The average molecular weight is 236 g/mol. The van der Waals surface area contributed by atoms with Crippen molar-refractivity contribution in [2.24, 2.45) is 17.6 Å². The van der Waals surface area contributed by atoms with Crippen molar-refractivity contribution in [1.29, 1.82) is 0 Å². The number of nitrogens with zero attached hydrogens (tertiary/aromatic N) is 2. The van der Waals surface area contributed by atoms with Gasteiger partial charge in [-0.3, -0.25) is 0 Å². The molecule has 4 atom stereocenters. The van der Waals surface area contributed by atoms with Crippen LogP contribution >= 0.6 is 11.8 Å². The molecule has 2 aliphatic carbocycles. The van der Waals surface area contributed by atoms with Gasteiger partial charge in [-0.25, -0.2) is 9.97 Å². The quantitative estimate of drug-likeness (QED) is 0.776. The zero-order valence-corrected chi connectivity index (χ0v) is 10.1. The van der Waals surface area contributed by atoms with Gasteiger partial charge in [0.1, 0.15) is 0 Å². The van der Waals surface area contributed by atoms with E-state index in [2.05, 4.69) is 15.3 Å². The molecule has 86 valence electrons. The molecule has 0 aliphatic heterocycles. The highest BCUT2D eigenvalue weighted by atomic mass is 32.2. The van der Waals surface area contributed by atoms with Gasteiger partial charge >= 0.3 is 0 Å². The van der Waals surface area contributed by atoms with E-state index in [1.54, 1.807) is 11.8 Å². The first kappa shape index (κ1) is 10.4. The second-order valence-electron chi connectivity index (χ2n) is 4.66. The minimum absolute atomic E-state index is 0.382. The van der Waals surface area contributed by atoms with Crippen LogP contribution in [-0.2, 0) is 0 Å². The predicted octanol–water partition coefficient (Wildman–Crippen LogP) is 1.35. The molecule has 16 heavy (non-hydrogen) atoms. The van der Waals surface area contributed by atoms with Gasteiger partial charge in [0.05, 0.1) is 0 Å². The lowest BCUT2D eigenvalue weighted by atomic mass is 10.1. The molecule has 0 unspecified atom stereocenters. The number of nitrogens with two attached hydrogens (primary N) is 1. The molecule has 2 saturated carbocycles. The molecule has 3 rings (SSSR count). The number of hydrogen-bond donors (Lipinski definition) is 2. The van der Waals surface area contributed by atoms with Crippen LogP contribution in [-0.4, -0.2) is 28.3 Å². The Hall–Kier alpha value is -0.810. The highest BCUT2D eigenvalue weighted by molar-refractivity contribution is 7.98. The molecule has 1 aromatic rings. The zero-order valence-electron chi connectivity index (χ0n) is 9.26. The monoisotopic (exact) mass is 236 g/mol. The third kappa shape index (κ3) is 1.78. The SMILES string of the molecule is CSc1cnc(N[C@@H]2C[C@@H](N)[C@H]3C[C@H]32)nc1. The summed E-state index contributed by atoms with van der Waals surface area (Å²) in [6, 6.07) is 0.869. The lowest BCUT2D eigenvalue weighted by Gasteiger charge is -2.15. The summed E-state index contributed by atoms with van der Waals surface area (Å²) in [6.07, 6.45) is 8.08. The van der Waals surface area contributed by atoms with E-state index in [1.165, 1.54) is 6.42 Å². The topological polar surface area (TPSA) is 63.8 Å². The Morgan fingerprint density at radius 1 is 1.31 bits per heavy atom. The van der Waals surface area contributed by atoms with Gasteiger partial charge in [-0.05, 0) is 30.9 Å². The largest absolute Gasteiger partial charge is 0.351 e. The standard InChI is InChI=1S/C11H16N4S/c1-16-6-4-13-11(14-5-6)15-10-3-9(12)7-2-8(7)10/h4-5,7-10H,2-3,12H2,1H3,(H,13,14,15)/t7-,8+,9+,10+/m0/s1. The van der Waals surface area contributed by atoms with Crippen LogP contribution in [0.5, 0.6) is 0 Å². The Bertz CT molecular complexity index is 380. The van der Waals surface area contributed by atoms with E-state index in [0.29, 0.717) is 12.1 Å². The number of anilines is 1. The summed E-state index contributed by atoms with van der Waals surface area (Å²) in [5.41, 5.74) is 6.03. The van der Waals surface area contributed by atoms with E-state index in [4.69, 9.17) is 5.73 Å². The van der Waals surface area contributed by atoms with Gasteiger partial charge < -0.3 is 11.1 Å². The molecule has 1 aromatic heterocycles. The van der Waals surface area contributed by atoms with Crippen molar-refractivity contribution >= 4 is 17.7 Å². The Morgan fingerprint density at radius 2 is 2.06 bits per heavy atom. The van der Waals surface area contributed by atoms with Crippen LogP contribution in [0.1, 0.15) is 12.8 Å². The summed E-state index contributed by atoms with van der Waals surface area (Å²) >= 11 is 1.66. The summed E-state index contributed by atoms with van der Waals surface area (Å²) in [6.45, 7) is 0. The van der Waals surface area contributed by atoms with Crippen LogP contribution in [0.3, 0.4) is 0 Å². The number of fused-ring (bicyclic) bond motifs is 1. The van der Waals surface area contributed by atoms with Gasteiger partial charge in [-0.15, -0.1) is 11.8 Å². The number of hydrogen-bond acceptors (Lipinski definition) is 5. The molecule has 2 fully saturated rings. The summed E-state index contributed by atoms with van der Waals surface area (Å²) < 4.78 is 0. The van der Waals surface area contributed by atoms with Crippen LogP contribution in [0.15, 0.2) is 17.3 Å². The van der Waals surface area contributed by atoms with E-state index < -0.39 is 0 Å². The highest BCUT2D eigenvalue weighted by Crippen LogP contribution is 2.51. The molecule has 0 bridgehead atoms. The van der Waals surface area contributed by atoms with E-state index in [1.807, 2.05) is 18.6 Å². The fourth-order valence-corrected chi connectivity index (χ4v) is 2.98. The number of rotatable bonds is 3. The zero-order chi connectivity index (χ0) is 11.1. The molecule has 2 aliphatic rings. The molecular formula is C11H16N4S. The molecule has 1 heterocycles. The van der Waals surface area contributed by atoms with Gasteiger partial charge in [0.15, 0.2) is 0 Å². The summed E-state index contributed by atoms with van der Waals surface area (Å²) in [5, 5.41) is 3.40. The van der Waals surface area contributed by atoms with Gasteiger partial charge in [-0.1, -0.05) is 0 Å². The molecule has 0 aromatic carbocycles. The Kier molecular flexibility index (Phi) is 2.52. The Balaban J connectivity index is 1.65. The van der Waals surface area contributed by atoms with Gasteiger partial charge in [0.25, 0.3) is 0 Å². The highest BCUT2D eigenvalue weighted by Gasteiger charge is 2.53. The second kappa shape index (κ2) is 3.89. The first-order valence-corrected chi connectivity index (χ1v) is 6.88. The summed E-state index contributed by atoms with van der Waals surface area (Å²) in [4.78, 5) is 9.71. The van der Waals surface area contributed by atoms with Crippen LogP contribution in [0.4, 0.5) is 5.95 Å². The van der Waals surface area contributed by atoms with E-state index in [-0.39, 0.29) is 0 Å². The Morgan fingerprint density at radius 3 is 2.56 bits per heavy atom. The van der Waals surface area contributed by atoms with Crippen molar-refractivity contribution in [3.05, 3.63) is 12.4 Å². The molecule has 0 radical (unpaired) electrons. The minimum Gasteiger partial charge on any atom is -0.351 e. The summed E-state index contributed by atoms with van der Waals surface area (Å²) in [5.74, 6) is 2.25. The smallest absolute Gasteiger partial charge is 0.222 e. The van der Waals surface area contributed by atoms with Crippen molar-refractivity contribution in [2.75, 3.05) is 11.6 Å². The van der Waals surface area contributed by atoms with Crippen LogP contribution in [0, 0.1) is 11.8 Å². The van der Waals surface area contributed by atoms with Crippen molar-refractivity contribution in [3.8, 4) is 0 Å². The van der Waals surface area contributed by atoms with Gasteiger partial charge in [0.2, 0.25) is 5.95 Å². The minimum atomic E-state index is 0.382. The first-order chi connectivity index (χ1) is 7.78. The lowest BCUT2D eigenvalue weighted by Crippen LogP contribution is -2.26. The number of thioether (sulfide) groups is 1. The maximum absolute atomic E-state index is 6.03. The molecule has 3 N–H and O–H groups in total. The molecule has 0 saturated heterocycles. The summed E-state index contributed by atoms with van der Waals surface area (Å²) in [7, 11) is 0. The van der Waals surface area contributed by atoms with Crippen molar-refractivity contribution in [1.82, 2.24) is 9.97 Å². The van der Waals surface area contributed by atoms with Crippen LogP contribution in [0.25, 0.3) is 0 Å². The molecule has 0 amide bonds. The average Bonchev–Trinajstić information content (AvgIpc) is 3.04. The first-order valence-electron chi connectivity index (χ1n) is 5.66. The van der Waals surface area contributed by atoms with E-state index in [0.717, 1.165) is 29.1 Å². The number of nitrogens with one attached hydrogen (secondary N) is 1. The maximum atomic E-state index is 6.03. The fraction of sp³-hybridized carbons (Fsp3) is 0.636. The molecule has 4 nitrogen and oxygen atoms in total. The third-order valence-corrected chi connectivity index (χ3v) is 4.34. The normalized spacial score (nSPS) is 35.9. The third-order valence-electron chi connectivity index (χ3n) is 3.66. The lowest BCUT2D eigenvalue weighted by molar-refractivity contribution is 0.585. The van der Waals surface area contributed by atoms with Crippen LogP contribution < -0.4 is 11.1 Å². The van der Waals surface area contributed by atoms with Gasteiger partial charge in [0, 0.05) is 29.4 Å². The van der Waals surface area contributed by atoms with Crippen molar-refractivity contribution in [3.63, 3.8) is 0 Å². The molecular weight excluding hydrogens is 220 g/mol.